The SMILES string of the molecule is Cc1cc(S(=O)(=O)NC2CCC(OC3CN(c4ccc(C5CCC(=O)NC5=O)cc4F)C3)CC2)ccc1Nc1ncc(C(F)(F)F)c(N2CCC[C@](C)(O)C2)n1. The predicted molar refractivity (Wildman–Crippen MR) is 199 cm³/mol. The summed E-state index contributed by atoms with van der Waals surface area (Å²) in [6.07, 6.45) is -0.230. The number of alkyl halides is 3. The molecule has 4 N–H and O–H groups in total. The number of benzene rings is 2. The number of nitrogens with one attached hydrogen (secondary N) is 3. The Balaban J connectivity index is 0.900. The highest BCUT2D eigenvalue weighted by Crippen LogP contribution is 2.38. The zero-order valence-corrected chi connectivity index (χ0v) is 31.9. The number of carbonyl (C=O) groups is 2. The maximum absolute atomic E-state index is 15.0. The van der Waals surface area contributed by atoms with Crippen molar-refractivity contribution in [2.24, 2.45) is 0 Å². The molecule has 0 radical (unpaired) electrons. The molecule has 4 heterocycles. The van der Waals surface area contributed by atoms with Gasteiger partial charge in [0.05, 0.1) is 34.3 Å². The van der Waals surface area contributed by atoms with Crippen LogP contribution in [0.15, 0.2) is 47.5 Å². The summed E-state index contributed by atoms with van der Waals surface area (Å²) in [5.74, 6) is -2.17. The number of hydrogen-bond donors (Lipinski definition) is 4. The highest BCUT2D eigenvalue weighted by molar-refractivity contribution is 7.89. The number of amides is 2. The normalized spacial score (nSPS) is 25.2. The second-order valence-electron chi connectivity index (χ2n) is 15.5. The molecule has 3 saturated heterocycles. The predicted octanol–water partition coefficient (Wildman–Crippen LogP) is 5.05. The van der Waals surface area contributed by atoms with Crippen LogP contribution in [0, 0.1) is 12.7 Å². The molecule has 7 rings (SSSR count). The zero-order chi connectivity index (χ0) is 40.0. The van der Waals surface area contributed by atoms with Crippen LogP contribution < -0.4 is 25.2 Å². The summed E-state index contributed by atoms with van der Waals surface area (Å²) in [6.45, 7) is 4.51. The fourth-order valence-electron chi connectivity index (χ4n) is 7.94. The first-order chi connectivity index (χ1) is 26.4. The molecule has 2 amide bonds. The van der Waals surface area contributed by atoms with Crippen molar-refractivity contribution in [3.05, 3.63) is 65.1 Å². The molecule has 18 heteroatoms. The second-order valence-corrected chi connectivity index (χ2v) is 17.2. The molecule has 2 aromatic carbocycles. The minimum absolute atomic E-state index is 0.0189. The Bertz CT molecular complexity index is 2090. The topological polar surface area (TPSA) is 166 Å². The number of aromatic nitrogens is 2. The maximum atomic E-state index is 15.0. The summed E-state index contributed by atoms with van der Waals surface area (Å²) in [6, 6.07) is 8.83. The number of imide groups is 1. The molecule has 0 spiro atoms. The molecule has 3 aromatic rings. The maximum Gasteiger partial charge on any atom is 0.421 e. The Kier molecular flexibility index (Phi) is 11.0. The molecule has 1 saturated carbocycles. The number of ether oxygens (including phenoxy) is 1. The molecule has 1 aliphatic carbocycles. The lowest BCUT2D eigenvalue weighted by atomic mass is 9.90. The average molecular weight is 804 g/mol. The van der Waals surface area contributed by atoms with Crippen LogP contribution in [0.4, 0.5) is 40.7 Å². The lowest BCUT2D eigenvalue weighted by Gasteiger charge is -2.43. The Morgan fingerprint density at radius 3 is 2.43 bits per heavy atom. The third kappa shape index (κ3) is 8.92. The number of piperidine rings is 2. The van der Waals surface area contributed by atoms with Gasteiger partial charge in [0.25, 0.3) is 0 Å². The monoisotopic (exact) mass is 803 g/mol. The molecule has 1 aromatic heterocycles. The van der Waals surface area contributed by atoms with Gasteiger partial charge in [0.2, 0.25) is 27.8 Å². The second kappa shape index (κ2) is 15.5. The third-order valence-corrected chi connectivity index (χ3v) is 12.5. The standard InChI is InChI=1S/C38H45F4N7O6S/c1-22-16-27(9-11-31(22)44-36-43-18-29(38(40,41)42)34(46-36)48-15-3-14-37(2,52)21-48)56(53,54)47-24-5-7-25(8-6-24)55-26-19-49(20-26)32-12-4-23(17-30(32)39)28-10-13-33(50)45-35(28)51/h4,9,11-12,16-18,24-26,28,47,52H,3,5-8,10,13-15,19-21H2,1-2H3,(H,43,44,46)(H,45,50,51)/t24?,25?,28?,37-/m0/s1. The first kappa shape index (κ1) is 39.8. The van der Waals surface area contributed by atoms with Crippen molar-refractivity contribution in [2.75, 3.05) is 41.3 Å². The number of aliphatic hydroxyl groups is 1. The average Bonchev–Trinajstić information content (AvgIpc) is 3.10. The van der Waals surface area contributed by atoms with Crippen molar-refractivity contribution in [1.82, 2.24) is 20.0 Å². The fraction of sp³-hybridized carbons (Fsp3) is 0.526. The van der Waals surface area contributed by atoms with Gasteiger partial charge in [0, 0.05) is 50.5 Å². The number of β-amino-alcohol motifs (C(OH)–C–C–N with tert-alkyl or cyclic N) is 1. The van der Waals surface area contributed by atoms with E-state index in [1.807, 2.05) is 4.90 Å². The van der Waals surface area contributed by atoms with Gasteiger partial charge >= 0.3 is 6.18 Å². The van der Waals surface area contributed by atoms with E-state index in [4.69, 9.17) is 4.74 Å². The molecule has 302 valence electrons. The minimum Gasteiger partial charge on any atom is -0.388 e. The molecule has 4 aliphatic rings. The van der Waals surface area contributed by atoms with Crippen molar-refractivity contribution in [2.45, 2.75) is 106 Å². The van der Waals surface area contributed by atoms with Crippen LogP contribution >= 0.6 is 0 Å². The molecule has 1 unspecified atom stereocenters. The summed E-state index contributed by atoms with van der Waals surface area (Å²) in [5, 5.41) is 15.7. The number of hydrogen-bond acceptors (Lipinski definition) is 11. The van der Waals surface area contributed by atoms with E-state index < -0.39 is 45.0 Å². The zero-order valence-electron chi connectivity index (χ0n) is 31.0. The quantitative estimate of drug-likeness (QED) is 0.160. The Morgan fingerprint density at radius 2 is 1.77 bits per heavy atom. The number of sulfonamides is 1. The van der Waals surface area contributed by atoms with E-state index in [1.54, 1.807) is 26.0 Å². The van der Waals surface area contributed by atoms with Crippen LogP contribution in [-0.2, 0) is 30.5 Å². The Hall–Kier alpha value is -4.39. The van der Waals surface area contributed by atoms with Crippen molar-refractivity contribution in [1.29, 1.82) is 0 Å². The molecule has 3 aliphatic heterocycles. The van der Waals surface area contributed by atoms with E-state index in [-0.39, 0.29) is 60.3 Å². The number of carbonyl (C=O) groups excluding carboxylic acids is 2. The van der Waals surface area contributed by atoms with Crippen LogP contribution in [0.1, 0.15) is 80.9 Å². The first-order valence-corrected chi connectivity index (χ1v) is 20.3. The Labute approximate surface area is 322 Å². The van der Waals surface area contributed by atoms with Gasteiger partial charge in [0.15, 0.2) is 0 Å². The van der Waals surface area contributed by atoms with Crippen molar-refractivity contribution in [3.8, 4) is 0 Å². The van der Waals surface area contributed by atoms with E-state index in [1.165, 1.54) is 29.2 Å². The molecule has 2 atom stereocenters. The van der Waals surface area contributed by atoms with Gasteiger partial charge < -0.3 is 25.0 Å². The summed E-state index contributed by atoms with van der Waals surface area (Å²) in [5.41, 5.74) is -0.295. The number of rotatable bonds is 10. The van der Waals surface area contributed by atoms with Crippen LogP contribution in [0.2, 0.25) is 0 Å². The molecule has 13 nitrogen and oxygen atoms in total. The largest absolute Gasteiger partial charge is 0.421 e. The van der Waals surface area contributed by atoms with Crippen LogP contribution in [0.25, 0.3) is 0 Å². The molecule has 56 heavy (non-hydrogen) atoms. The smallest absolute Gasteiger partial charge is 0.388 e. The van der Waals surface area contributed by atoms with Crippen LogP contribution in [0.3, 0.4) is 0 Å². The highest BCUT2D eigenvalue weighted by Gasteiger charge is 2.40. The van der Waals surface area contributed by atoms with Gasteiger partial charge in [-0.05, 0) is 100 Å². The van der Waals surface area contributed by atoms with Gasteiger partial charge in [-0.25, -0.2) is 22.5 Å². The van der Waals surface area contributed by atoms with Crippen LogP contribution in [0.5, 0.6) is 0 Å². The van der Waals surface area contributed by atoms with Crippen molar-refractivity contribution < 1.29 is 45.4 Å². The Morgan fingerprint density at radius 1 is 1.02 bits per heavy atom. The summed E-state index contributed by atoms with van der Waals surface area (Å²) >= 11 is 0. The molecule has 4 fully saturated rings. The summed E-state index contributed by atoms with van der Waals surface area (Å²) < 4.78 is 92.6. The van der Waals surface area contributed by atoms with Gasteiger partial charge in [-0.3, -0.25) is 14.9 Å². The van der Waals surface area contributed by atoms with Gasteiger partial charge in [0.1, 0.15) is 17.2 Å². The van der Waals surface area contributed by atoms with E-state index in [0.717, 1.165) is 0 Å². The number of anilines is 4. The van der Waals surface area contributed by atoms with Crippen LogP contribution in [-0.4, -0.2) is 85.3 Å². The van der Waals surface area contributed by atoms with Crippen molar-refractivity contribution >= 4 is 45.0 Å². The molecular formula is C38H45F4N7O6S. The van der Waals surface area contributed by atoms with E-state index in [9.17, 15) is 36.3 Å². The van der Waals surface area contributed by atoms with Gasteiger partial charge in [-0.2, -0.15) is 18.2 Å². The lowest BCUT2D eigenvalue weighted by molar-refractivity contribution is -0.138. The van der Waals surface area contributed by atoms with E-state index in [0.29, 0.717) is 86.7 Å². The van der Waals surface area contributed by atoms with Crippen molar-refractivity contribution in [3.63, 3.8) is 0 Å². The number of halogens is 4. The van der Waals surface area contributed by atoms with Gasteiger partial charge in [-0.15, -0.1) is 0 Å². The lowest BCUT2D eigenvalue weighted by Crippen LogP contribution is -2.54. The number of nitrogens with zero attached hydrogens (tertiary/aromatic N) is 4. The van der Waals surface area contributed by atoms with E-state index >= 15 is 4.39 Å². The number of aryl methyl sites for hydroxylation is 1. The van der Waals surface area contributed by atoms with E-state index in [2.05, 4.69) is 25.3 Å². The third-order valence-electron chi connectivity index (χ3n) is 11.0. The highest BCUT2D eigenvalue weighted by atomic mass is 32.2. The summed E-state index contributed by atoms with van der Waals surface area (Å²) in [7, 11) is -3.90. The van der Waals surface area contributed by atoms with Gasteiger partial charge in [-0.1, -0.05) is 6.07 Å². The minimum atomic E-state index is -4.71. The molecular weight excluding hydrogens is 759 g/mol. The molecule has 0 bridgehead atoms. The fourth-order valence-corrected chi connectivity index (χ4v) is 9.33. The summed E-state index contributed by atoms with van der Waals surface area (Å²) in [4.78, 5) is 35.0. The first-order valence-electron chi connectivity index (χ1n) is 18.8.